The number of rotatable bonds is 6. The van der Waals surface area contributed by atoms with Gasteiger partial charge < -0.3 is 9.73 Å². The lowest BCUT2D eigenvalue weighted by atomic mass is 10.4. The first-order valence-electron chi connectivity index (χ1n) is 4.15. The van der Waals surface area contributed by atoms with Gasteiger partial charge in [0.25, 0.3) is 10.1 Å². The molecule has 0 aliphatic heterocycles. The van der Waals surface area contributed by atoms with Crippen LogP contribution in [0.4, 0.5) is 0 Å². The van der Waals surface area contributed by atoms with Gasteiger partial charge in [-0.25, -0.2) is 0 Å². The summed E-state index contributed by atoms with van der Waals surface area (Å²) in [6.45, 7) is 0.864. The molecule has 0 aliphatic rings. The number of furan rings is 1. The van der Waals surface area contributed by atoms with Crippen LogP contribution in [-0.4, -0.2) is 27.8 Å². The second-order valence-corrected chi connectivity index (χ2v) is 4.54. The van der Waals surface area contributed by atoms with Crippen molar-refractivity contribution in [1.82, 2.24) is 5.32 Å². The summed E-state index contributed by atoms with van der Waals surface area (Å²) in [5.74, 6) is 0.740. The zero-order valence-corrected chi connectivity index (χ0v) is 8.71. The van der Waals surface area contributed by atoms with Crippen LogP contribution < -0.4 is 5.32 Å². The average molecular weight is 219 g/mol. The van der Waals surface area contributed by atoms with Crippen molar-refractivity contribution in [3.05, 3.63) is 24.2 Å². The lowest BCUT2D eigenvalue weighted by molar-refractivity contribution is 0.396. The lowest BCUT2D eigenvalue weighted by Gasteiger charge is -2.02. The smallest absolute Gasteiger partial charge is 0.268 e. The fourth-order valence-electron chi connectivity index (χ4n) is 0.905. The molecule has 6 heteroatoms. The third-order valence-electron chi connectivity index (χ3n) is 1.66. The molecule has 0 radical (unpaired) electrons. The fraction of sp³-hybridized carbons (Fsp3) is 0.500. The summed E-state index contributed by atoms with van der Waals surface area (Å²) in [6, 6.07) is 3.60. The molecule has 0 aromatic carbocycles. The Morgan fingerprint density at radius 1 is 1.57 bits per heavy atom. The highest BCUT2D eigenvalue weighted by Gasteiger charge is 2.07. The highest BCUT2D eigenvalue weighted by molar-refractivity contribution is 7.86. The zero-order chi connectivity index (χ0) is 10.4. The molecule has 0 spiro atoms. The Morgan fingerprint density at radius 2 is 2.36 bits per heavy atom. The monoisotopic (exact) mass is 219 g/mol. The SMILES string of the molecule is COS(=O)(=O)CCNCc1ccco1. The predicted octanol–water partition coefficient (Wildman–Crippen LogP) is 0.345. The van der Waals surface area contributed by atoms with Crippen molar-refractivity contribution in [1.29, 1.82) is 0 Å². The summed E-state index contributed by atoms with van der Waals surface area (Å²) in [5.41, 5.74) is 0. The Morgan fingerprint density at radius 3 is 2.93 bits per heavy atom. The Kier molecular flexibility index (Phi) is 4.12. The molecule has 1 N–H and O–H groups in total. The van der Waals surface area contributed by atoms with Crippen molar-refractivity contribution in [3.8, 4) is 0 Å². The second kappa shape index (κ2) is 5.14. The Labute approximate surface area is 83.2 Å². The number of hydrogen-bond donors (Lipinski definition) is 1. The molecular weight excluding hydrogens is 206 g/mol. The molecule has 0 bridgehead atoms. The van der Waals surface area contributed by atoms with Crippen molar-refractivity contribution in [2.45, 2.75) is 6.54 Å². The van der Waals surface area contributed by atoms with E-state index in [9.17, 15) is 8.42 Å². The summed E-state index contributed by atoms with van der Waals surface area (Å²) in [5, 5.41) is 2.93. The van der Waals surface area contributed by atoms with Crippen molar-refractivity contribution in [2.75, 3.05) is 19.4 Å². The van der Waals surface area contributed by atoms with Crippen molar-refractivity contribution < 1.29 is 17.0 Å². The van der Waals surface area contributed by atoms with E-state index in [1.54, 1.807) is 12.3 Å². The summed E-state index contributed by atoms with van der Waals surface area (Å²) in [6.07, 6.45) is 1.57. The molecule has 14 heavy (non-hydrogen) atoms. The lowest BCUT2D eigenvalue weighted by Crippen LogP contribution is -2.22. The minimum atomic E-state index is -3.35. The van der Waals surface area contributed by atoms with E-state index in [1.165, 1.54) is 0 Å². The van der Waals surface area contributed by atoms with E-state index in [0.29, 0.717) is 13.1 Å². The van der Waals surface area contributed by atoms with Gasteiger partial charge in [0.05, 0.1) is 25.7 Å². The molecule has 0 saturated carbocycles. The van der Waals surface area contributed by atoms with Crippen LogP contribution >= 0.6 is 0 Å². The van der Waals surface area contributed by atoms with E-state index in [0.717, 1.165) is 12.9 Å². The van der Waals surface area contributed by atoms with Gasteiger partial charge in [-0.05, 0) is 12.1 Å². The molecule has 1 aromatic rings. The van der Waals surface area contributed by atoms with Crippen LogP contribution in [0.5, 0.6) is 0 Å². The first-order valence-corrected chi connectivity index (χ1v) is 5.73. The molecule has 0 aliphatic carbocycles. The molecule has 0 saturated heterocycles. The van der Waals surface area contributed by atoms with E-state index in [1.807, 2.05) is 6.07 Å². The van der Waals surface area contributed by atoms with Crippen molar-refractivity contribution in [3.63, 3.8) is 0 Å². The number of hydrogen-bond acceptors (Lipinski definition) is 5. The maximum absolute atomic E-state index is 10.9. The van der Waals surface area contributed by atoms with Gasteiger partial charge in [0, 0.05) is 6.54 Å². The molecule has 1 aromatic heterocycles. The topological polar surface area (TPSA) is 68.5 Å². The Hall–Kier alpha value is -0.850. The normalized spacial score (nSPS) is 11.8. The standard InChI is InChI=1S/C8H13NO4S/c1-12-14(10,11)6-4-9-7-8-3-2-5-13-8/h2-3,5,9H,4,6-7H2,1H3. The van der Waals surface area contributed by atoms with Crippen LogP contribution in [0.3, 0.4) is 0 Å². The van der Waals surface area contributed by atoms with E-state index in [-0.39, 0.29) is 5.75 Å². The molecule has 5 nitrogen and oxygen atoms in total. The third kappa shape index (κ3) is 3.91. The van der Waals surface area contributed by atoms with Crippen LogP contribution in [-0.2, 0) is 20.8 Å². The molecule has 1 rings (SSSR count). The predicted molar refractivity (Wildman–Crippen MR) is 51.2 cm³/mol. The largest absolute Gasteiger partial charge is 0.468 e. The third-order valence-corrected chi connectivity index (χ3v) is 2.87. The van der Waals surface area contributed by atoms with Crippen molar-refractivity contribution >= 4 is 10.1 Å². The Balaban J connectivity index is 2.17. The molecule has 1 heterocycles. The van der Waals surface area contributed by atoms with Crippen LogP contribution in [0.15, 0.2) is 22.8 Å². The van der Waals surface area contributed by atoms with Gasteiger partial charge in [0.1, 0.15) is 5.76 Å². The van der Waals surface area contributed by atoms with Crippen molar-refractivity contribution in [2.24, 2.45) is 0 Å². The number of nitrogens with one attached hydrogen (secondary N) is 1. The van der Waals surface area contributed by atoms with Crippen LogP contribution in [0.25, 0.3) is 0 Å². The highest BCUT2D eigenvalue weighted by atomic mass is 32.2. The van der Waals surface area contributed by atoms with Gasteiger partial charge in [-0.1, -0.05) is 0 Å². The molecule has 0 unspecified atom stereocenters. The fourth-order valence-corrected chi connectivity index (χ4v) is 1.47. The summed E-state index contributed by atoms with van der Waals surface area (Å²) in [4.78, 5) is 0. The van der Waals surface area contributed by atoms with Gasteiger partial charge in [0.2, 0.25) is 0 Å². The van der Waals surface area contributed by atoms with E-state index in [2.05, 4.69) is 9.50 Å². The van der Waals surface area contributed by atoms with Crippen LogP contribution in [0, 0.1) is 0 Å². The van der Waals surface area contributed by atoms with Gasteiger partial charge in [-0.15, -0.1) is 0 Å². The van der Waals surface area contributed by atoms with Gasteiger partial charge in [-0.2, -0.15) is 8.42 Å². The maximum Gasteiger partial charge on any atom is 0.268 e. The van der Waals surface area contributed by atoms with Crippen LogP contribution in [0.1, 0.15) is 5.76 Å². The van der Waals surface area contributed by atoms with Crippen LogP contribution in [0.2, 0.25) is 0 Å². The molecule has 0 amide bonds. The van der Waals surface area contributed by atoms with Gasteiger partial charge >= 0.3 is 0 Å². The van der Waals surface area contributed by atoms with Gasteiger partial charge in [0.15, 0.2) is 0 Å². The minimum Gasteiger partial charge on any atom is -0.468 e. The minimum absolute atomic E-state index is 0.0375. The molecule has 0 fully saturated rings. The summed E-state index contributed by atoms with van der Waals surface area (Å²) in [7, 11) is -2.20. The average Bonchev–Trinajstić information content (AvgIpc) is 2.65. The first-order chi connectivity index (χ1) is 6.64. The molecule has 80 valence electrons. The maximum atomic E-state index is 10.9. The highest BCUT2D eigenvalue weighted by Crippen LogP contribution is 1.98. The molecular formula is C8H13NO4S. The molecule has 0 atom stereocenters. The second-order valence-electron chi connectivity index (χ2n) is 2.68. The zero-order valence-electron chi connectivity index (χ0n) is 7.89. The Bertz CT molecular complexity index is 343. The van der Waals surface area contributed by atoms with E-state index in [4.69, 9.17) is 4.42 Å². The first kappa shape index (κ1) is 11.2. The summed E-state index contributed by atoms with van der Waals surface area (Å²) < 4.78 is 31.1. The summed E-state index contributed by atoms with van der Waals surface area (Å²) >= 11 is 0. The van der Waals surface area contributed by atoms with E-state index >= 15 is 0 Å². The van der Waals surface area contributed by atoms with E-state index < -0.39 is 10.1 Å². The van der Waals surface area contributed by atoms with Gasteiger partial charge in [-0.3, -0.25) is 4.18 Å². The quantitative estimate of drug-likeness (QED) is 0.552.